The van der Waals surface area contributed by atoms with Crippen LogP contribution in [-0.4, -0.2) is 40.1 Å². The molecule has 1 fully saturated rings. The number of hydrazine groups is 1. The van der Waals surface area contributed by atoms with Crippen molar-refractivity contribution in [2.24, 2.45) is 0 Å². The van der Waals surface area contributed by atoms with E-state index in [0.717, 1.165) is 5.01 Å². The average molecular weight is 440 g/mol. The molecule has 6 nitrogen and oxygen atoms in total. The van der Waals surface area contributed by atoms with E-state index in [1.165, 1.54) is 30.3 Å². The van der Waals surface area contributed by atoms with Gasteiger partial charge in [-0.05, 0) is 30.3 Å². The van der Waals surface area contributed by atoms with Gasteiger partial charge in [0.05, 0.1) is 15.6 Å². The van der Waals surface area contributed by atoms with Crippen LogP contribution in [-0.2, 0) is 9.59 Å². The molecule has 0 atom stereocenters. The van der Waals surface area contributed by atoms with E-state index in [9.17, 15) is 19.2 Å². The van der Waals surface area contributed by atoms with E-state index < -0.39 is 30.0 Å². The molecule has 1 aliphatic heterocycles. The van der Waals surface area contributed by atoms with Gasteiger partial charge in [0.15, 0.2) is 5.78 Å². The molecule has 1 heterocycles. The number of rotatable bonds is 5. The van der Waals surface area contributed by atoms with Crippen LogP contribution in [0.4, 0.5) is 0 Å². The van der Waals surface area contributed by atoms with Crippen LogP contribution in [0.3, 0.4) is 0 Å². The normalized spacial score (nSPS) is 13.8. The van der Waals surface area contributed by atoms with E-state index in [0.29, 0.717) is 10.0 Å². The monoisotopic (exact) mass is 438 g/mol. The number of carbonyl (C=O) groups excluding carboxylic acids is 4. The lowest BCUT2D eigenvalue weighted by Crippen LogP contribution is -2.51. The third-order valence-electron chi connectivity index (χ3n) is 4.13. The Morgan fingerprint density at radius 3 is 2.14 bits per heavy atom. The molecule has 28 heavy (non-hydrogen) atoms. The number of Topliss-reactive ketones (excluding diaryl/α,β-unsaturated/α-hetero) is 1. The summed E-state index contributed by atoms with van der Waals surface area (Å²) in [6.07, 6.45) is -0.0813. The number of hydrogen-bond donors (Lipinski definition) is 0. The maximum atomic E-state index is 13.0. The minimum absolute atomic E-state index is 0.0406. The molecule has 0 aliphatic carbocycles. The first kappa shape index (κ1) is 20.3. The van der Waals surface area contributed by atoms with Crippen LogP contribution in [0.25, 0.3) is 0 Å². The smallest absolute Gasteiger partial charge is 0.274 e. The Morgan fingerprint density at radius 1 is 0.893 bits per heavy atom. The Kier molecular flexibility index (Phi) is 6.03. The van der Waals surface area contributed by atoms with Gasteiger partial charge in [0.1, 0.15) is 6.54 Å². The van der Waals surface area contributed by atoms with E-state index in [4.69, 9.17) is 34.8 Å². The Morgan fingerprint density at radius 2 is 1.54 bits per heavy atom. The highest BCUT2D eigenvalue weighted by Gasteiger charge is 2.38. The van der Waals surface area contributed by atoms with Crippen molar-refractivity contribution in [3.63, 3.8) is 0 Å². The quantitative estimate of drug-likeness (QED) is 0.520. The maximum absolute atomic E-state index is 13.0. The highest BCUT2D eigenvalue weighted by atomic mass is 35.5. The summed E-state index contributed by atoms with van der Waals surface area (Å²) in [5.41, 5.74) is 0.175. The fourth-order valence-electron chi connectivity index (χ4n) is 2.78. The third kappa shape index (κ3) is 4.04. The number of ketones is 1. The van der Waals surface area contributed by atoms with Crippen LogP contribution in [0.5, 0.6) is 0 Å². The molecule has 0 bridgehead atoms. The Labute approximate surface area is 175 Å². The number of amides is 3. The van der Waals surface area contributed by atoms with Crippen molar-refractivity contribution in [3.05, 3.63) is 68.7 Å². The van der Waals surface area contributed by atoms with Crippen molar-refractivity contribution in [2.45, 2.75) is 12.8 Å². The summed E-state index contributed by atoms with van der Waals surface area (Å²) < 4.78 is 0. The summed E-state index contributed by atoms with van der Waals surface area (Å²) in [6, 6.07) is 10.5. The predicted molar refractivity (Wildman–Crippen MR) is 104 cm³/mol. The standard InChI is InChI=1S/C19H13Cl3N2O4/c20-11-5-6-12(15(22)9-11)16(25)10-23(24-17(26)7-8-18(24)27)19(28)13-3-1-2-4-14(13)21/h1-6,9H,7-8,10H2. The SMILES string of the molecule is O=C(CN(C(=O)c1ccccc1Cl)N1C(=O)CCC1=O)c1ccc(Cl)cc1Cl. The molecule has 2 aromatic rings. The largest absolute Gasteiger partial charge is 0.292 e. The fraction of sp³-hybridized carbons (Fsp3) is 0.158. The molecule has 1 aliphatic rings. The summed E-state index contributed by atoms with van der Waals surface area (Å²) in [6.45, 7) is -0.567. The minimum atomic E-state index is -0.743. The van der Waals surface area contributed by atoms with Crippen molar-refractivity contribution in [3.8, 4) is 0 Å². The van der Waals surface area contributed by atoms with Crippen molar-refractivity contribution < 1.29 is 19.2 Å². The van der Waals surface area contributed by atoms with E-state index in [-0.39, 0.29) is 34.0 Å². The first-order chi connectivity index (χ1) is 13.3. The molecule has 2 aromatic carbocycles. The molecule has 0 spiro atoms. The number of carbonyl (C=O) groups is 4. The van der Waals surface area contributed by atoms with Crippen LogP contribution >= 0.6 is 34.8 Å². The Bertz CT molecular complexity index is 977. The lowest BCUT2D eigenvalue weighted by atomic mass is 10.1. The Balaban J connectivity index is 1.98. The highest BCUT2D eigenvalue weighted by molar-refractivity contribution is 6.37. The second-order valence-corrected chi connectivity index (χ2v) is 7.24. The van der Waals surface area contributed by atoms with Crippen LogP contribution in [0.15, 0.2) is 42.5 Å². The van der Waals surface area contributed by atoms with Crippen LogP contribution in [0.1, 0.15) is 33.6 Å². The molecule has 0 aromatic heterocycles. The van der Waals surface area contributed by atoms with Gasteiger partial charge in [-0.1, -0.05) is 46.9 Å². The Hall–Kier alpha value is -2.41. The van der Waals surface area contributed by atoms with Gasteiger partial charge < -0.3 is 0 Å². The lowest BCUT2D eigenvalue weighted by Gasteiger charge is -2.29. The molecule has 3 rings (SSSR count). The molecule has 3 amide bonds. The first-order valence-corrected chi connectivity index (χ1v) is 9.33. The van der Waals surface area contributed by atoms with Gasteiger partial charge in [-0.2, -0.15) is 5.01 Å². The van der Waals surface area contributed by atoms with Gasteiger partial charge >= 0.3 is 0 Å². The van der Waals surface area contributed by atoms with Crippen molar-refractivity contribution in [2.75, 3.05) is 6.54 Å². The number of benzene rings is 2. The van der Waals surface area contributed by atoms with E-state index in [1.54, 1.807) is 12.1 Å². The zero-order valence-corrected chi connectivity index (χ0v) is 16.6. The van der Waals surface area contributed by atoms with Crippen molar-refractivity contribution in [1.29, 1.82) is 0 Å². The van der Waals surface area contributed by atoms with Crippen LogP contribution in [0.2, 0.25) is 15.1 Å². The summed E-state index contributed by atoms with van der Waals surface area (Å²) in [5, 5.41) is 2.09. The fourth-order valence-corrected chi connectivity index (χ4v) is 3.51. The molecule has 144 valence electrons. The third-order valence-corrected chi connectivity index (χ3v) is 5.01. The maximum Gasteiger partial charge on any atom is 0.274 e. The lowest BCUT2D eigenvalue weighted by molar-refractivity contribution is -0.152. The summed E-state index contributed by atoms with van der Waals surface area (Å²) in [5.74, 6) is -2.44. The predicted octanol–water partition coefficient (Wildman–Crippen LogP) is 4.04. The van der Waals surface area contributed by atoms with E-state index in [2.05, 4.69) is 0 Å². The molecule has 1 saturated heterocycles. The molecule has 9 heteroatoms. The molecule has 0 saturated carbocycles. The van der Waals surface area contributed by atoms with Gasteiger partial charge in [-0.3, -0.25) is 19.2 Å². The van der Waals surface area contributed by atoms with Crippen LogP contribution in [0, 0.1) is 0 Å². The molecule has 0 unspecified atom stereocenters. The summed E-state index contributed by atoms with van der Waals surface area (Å²) >= 11 is 18.0. The first-order valence-electron chi connectivity index (χ1n) is 8.20. The molecule has 0 radical (unpaired) electrons. The minimum Gasteiger partial charge on any atom is -0.292 e. The van der Waals surface area contributed by atoms with E-state index >= 15 is 0 Å². The highest BCUT2D eigenvalue weighted by Crippen LogP contribution is 2.25. The molecular formula is C19H13Cl3N2O4. The number of nitrogens with zero attached hydrogens (tertiary/aromatic N) is 2. The number of hydrogen-bond acceptors (Lipinski definition) is 4. The second kappa shape index (κ2) is 8.31. The zero-order chi connectivity index (χ0) is 20.4. The van der Waals surface area contributed by atoms with Gasteiger partial charge in [0.2, 0.25) is 11.8 Å². The van der Waals surface area contributed by atoms with Gasteiger partial charge in [0, 0.05) is 23.4 Å². The number of halogens is 3. The molecular weight excluding hydrogens is 427 g/mol. The number of imide groups is 1. The summed E-state index contributed by atoms with van der Waals surface area (Å²) in [4.78, 5) is 50.2. The van der Waals surface area contributed by atoms with E-state index in [1.807, 2.05) is 0 Å². The molecule has 0 N–H and O–H groups in total. The van der Waals surface area contributed by atoms with Crippen LogP contribution < -0.4 is 0 Å². The van der Waals surface area contributed by atoms with Gasteiger partial charge in [-0.25, -0.2) is 5.01 Å². The van der Waals surface area contributed by atoms with Gasteiger partial charge in [0.25, 0.3) is 5.91 Å². The topological polar surface area (TPSA) is 74.8 Å². The second-order valence-electron chi connectivity index (χ2n) is 5.99. The average Bonchev–Trinajstić information content (AvgIpc) is 2.98. The zero-order valence-electron chi connectivity index (χ0n) is 14.3. The summed E-state index contributed by atoms with van der Waals surface area (Å²) in [7, 11) is 0. The van der Waals surface area contributed by atoms with Crippen molar-refractivity contribution in [1.82, 2.24) is 10.0 Å². The van der Waals surface area contributed by atoms with Crippen molar-refractivity contribution >= 4 is 58.3 Å². The van der Waals surface area contributed by atoms with Gasteiger partial charge in [-0.15, -0.1) is 0 Å².